The van der Waals surface area contributed by atoms with Crippen LogP contribution in [-0.4, -0.2) is 28.8 Å². The fourth-order valence-electron chi connectivity index (χ4n) is 4.35. The van der Waals surface area contributed by atoms with Crippen LogP contribution in [0.15, 0.2) is 30.6 Å². The largest absolute Gasteiger partial charge is 0.355 e. The molecular formula is C22H24N4O. The number of fused-ring (bicyclic) bond motifs is 1. The van der Waals surface area contributed by atoms with Crippen LogP contribution in [0.4, 0.5) is 5.82 Å². The Kier molecular flexibility index (Phi) is 4.43. The predicted molar refractivity (Wildman–Crippen MR) is 104 cm³/mol. The van der Waals surface area contributed by atoms with E-state index in [1.807, 2.05) is 12.4 Å². The second-order valence-electron chi connectivity index (χ2n) is 8.45. The number of piperidine rings is 1. The number of ketones is 1. The van der Waals surface area contributed by atoms with Gasteiger partial charge >= 0.3 is 0 Å². The maximum Gasteiger partial charge on any atom is 0.165 e. The van der Waals surface area contributed by atoms with Gasteiger partial charge in [-0.25, -0.2) is 4.98 Å². The third-order valence-corrected chi connectivity index (χ3v) is 5.76. The van der Waals surface area contributed by atoms with Gasteiger partial charge in [0, 0.05) is 37.5 Å². The van der Waals surface area contributed by atoms with Crippen molar-refractivity contribution in [1.29, 1.82) is 5.26 Å². The zero-order valence-electron chi connectivity index (χ0n) is 15.9. The van der Waals surface area contributed by atoms with Crippen molar-refractivity contribution in [2.45, 2.75) is 45.4 Å². The molecule has 0 saturated carbocycles. The molecule has 1 saturated heterocycles. The number of nitriles is 1. The van der Waals surface area contributed by atoms with Crippen LogP contribution in [0, 0.1) is 16.7 Å². The van der Waals surface area contributed by atoms with Gasteiger partial charge in [-0.1, -0.05) is 13.8 Å². The zero-order chi connectivity index (χ0) is 19.0. The van der Waals surface area contributed by atoms with E-state index in [-0.39, 0.29) is 11.2 Å². The molecule has 0 bridgehead atoms. The Hall–Kier alpha value is -2.74. The Morgan fingerprint density at radius 3 is 2.56 bits per heavy atom. The van der Waals surface area contributed by atoms with E-state index in [4.69, 9.17) is 4.98 Å². The summed E-state index contributed by atoms with van der Waals surface area (Å²) in [7, 11) is 0. The number of rotatable bonds is 2. The lowest BCUT2D eigenvalue weighted by Gasteiger charge is -2.35. The third kappa shape index (κ3) is 3.44. The summed E-state index contributed by atoms with van der Waals surface area (Å²) >= 11 is 0. The summed E-state index contributed by atoms with van der Waals surface area (Å²) in [6.07, 6.45) is 7.04. The van der Waals surface area contributed by atoms with Crippen molar-refractivity contribution < 1.29 is 4.79 Å². The lowest BCUT2D eigenvalue weighted by molar-refractivity contribution is 0.0910. The quantitative estimate of drug-likeness (QED) is 0.813. The van der Waals surface area contributed by atoms with Gasteiger partial charge in [-0.3, -0.25) is 9.78 Å². The molecule has 27 heavy (non-hydrogen) atoms. The summed E-state index contributed by atoms with van der Waals surface area (Å²) in [6, 6.07) is 8.21. The maximum atomic E-state index is 12.5. The highest BCUT2D eigenvalue weighted by molar-refractivity contribution is 5.99. The number of nitrogens with zero attached hydrogens (tertiary/aromatic N) is 4. The van der Waals surface area contributed by atoms with Gasteiger partial charge in [-0.05, 0) is 54.4 Å². The molecule has 0 aromatic carbocycles. The van der Waals surface area contributed by atoms with E-state index in [2.05, 4.69) is 41.9 Å². The number of pyridine rings is 2. The molecule has 5 heteroatoms. The van der Waals surface area contributed by atoms with E-state index >= 15 is 0 Å². The normalized spacial score (nSPS) is 19.4. The number of aromatic nitrogens is 2. The number of hydrogen-bond acceptors (Lipinski definition) is 5. The summed E-state index contributed by atoms with van der Waals surface area (Å²) in [5.41, 5.74) is 3.26. The molecule has 1 fully saturated rings. The molecule has 0 unspecified atom stereocenters. The SMILES string of the molecule is CC1(C)CC(=O)c2cc(C#N)c(N3CCC(c4ccncc4)CC3)nc2C1. The van der Waals surface area contributed by atoms with Gasteiger partial charge in [0.25, 0.3) is 0 Å². The maximum absolute atomic E-state index is 12.5. The van der Waals surface area contributed by atoms with Crippen molar-refractivity contribution in [3.05, 3.63) is 53.0 Å². The van der Waals surface area contributed by atoms with Gasteiger partial charge in [-0.15, -0.1) is 0 Å². The minimum Gasteiger partial charge on any atom is -0.355 e. The first-order valence-electron chi connectivity index (χ1n) is 9.59. The zero-order valence-corrected chi connectivity index (χ0v) is 15.9. The third-order valence-electron chi connectivity index (χ3n) is 5.76. The molecule has 5 nitrogen and oxygen atoms in total. The van der Waals surface area contributed by atoms with E-state index in [1.165, 1.54) is 5.56 Å². The van der Waals surface area contributed by atoms with Crippen LogP contribution in [0.2, 0.25) is 0 Å². The van der Waals surface area contributed by atoms with Crippen LogP contribution in [0.1, 0.15) is 66.2 Å². The van der Waals surface area contributed by atoms with Gasteiger partial charge in [0.05, 0.1) is 11.3 Å². The first kappa shape index (κ1) is 17.7. The molecule has 0 N–H and O–H groups in total. The van der Waals surface area contributed by atoms with Crippen LogP contribution >= 0.6 is 0 Å². The monoisotopic (exact) mass is 360 g/mol. The minimum atomic E-state index is -0.0726. The van der Waals surface area contributed by atoms with E-state index < -0.39 is 0 Å². The van der Waals surface area contributed by atoms with Gasteiger partial charge in [-0.2, -0.15) is 5.26 Å². The Labute approximate surface area is 160 Å². The van der Waals surface area contributed by atoms with Crippen LogP contribution in [-0.2, 0) is 6.42 Å². The molecule has 3 heterocycles. The van der Waals surface area contributed by atoms with Crippen molar-refractivity contribution in [3.8, 4) is 6.07 Å². The second-order valence-corrected chi connectivity index (χ2v) is 8.45. The van der Waals surface area contributed by atoms with Crippen molar-refractivity contribution >= 4 is 11.6 Å². The van der Waals surface area contributed by atoms with E-state index in [0.29, 0.717) is 23.5 Å². The lowest BCUT2D eigenvalue weighted by atomic mass is 9.75. The second kappa shape index (κ2) is 6.77. The molecule has 1 aliphatic heterocycles. The van der Waals surface area contributed by atoms with E-state index in [1.54, 1.807) is 6.07 Å². The molecule has 0 amide bonds. The highest BCUT2D eigenvalue weighted by Crippen LogP contribution is 2.37. The van der Waals surface area contributed by atoms with E-state index in [9.17, 15) is 10.1 Å². The smallest absolute Gasteiger partial charge is 0.165 e. The number of carbonyl (C=O) groups is 1. The topological polar surface area (TPSA) is 69.9 Å². The number of anilines is 1. The number of Topliss-reactive ketones (excluding diaryl/α,β-unsaturated/α-hetero) is 1. The fourth-order valence-corrected chi connectivity index (χ4v) is 4.35. The highest BCUT2D eigenvalue weighted by Gasteiger charge is 2.34. The summed E-state index contributed by atoms with van der Waals surface area (Å²) in [5.74, 6) is 1.37. The molecular weight excluding hydrogens is 336 g/mol. The lowest BCUT2D eigenvalue weighted by Crippen LogP contribution is -2.35. The standard InChI is InChI=1S/C22H24N4O/c1-22(2)12-19-18(20(27)13-22)11-17(14-23)21(25-19)26-9-5-16(6-10-26)15-3-7-24-8-4-15/h3-4,7-8,11,16H,5-6,9-10,12-13H2,1-2H3. The van der Waals surface area contributed by atoms with Crippen molar-refractivity contribution in [2.24, 2.45) is 5.41 Å². The summed E-state index contributed by atoms with van der Waals surface area (Å²) in [4.78, 5) is 23.6. The van der Waals surface area contributed by atoms with Crippen LogP contribution < -0.4 is 4.90 Å². The Bertz CT molecular complexity index is 906. The average molecular weight is 360 g/mol. The minimum absolute atomic E-state index is 0.0726. The molecule has 2 aliphatic rings. The van der Waals surface area contributed by atoms with Gasteiger partial charge < -0.3 is 4.90 Å². The van der Waals surface area contributed by atoms with Crippen molar-refractivity contribution in [3.63, 3.8) is 0 Å². The summed E-state index contributed by atoms with van der Waals surface area (Å²) in [6.45, 7) is 5.94. The Balaban J connectivity index is 1.59. The average Bonchev–Trinajstić information content (AvgIpc) is 2.67. The van der Waals surface area contributed by atoms with Crippen molar-refractivity contribution in [1.82, 2.24) is 9.97 Å². The predicted octanol–water partition coefficient (Wildman–Crippen LogP) is 3.89. The van der Waals surface area contributed by atoms with Crippen LogP contribution in [0.25, 0.3) is 0 Å². The van der Waals surface area contributed by atoms with Crippen LogP contribution in [0.5, 0.6) is 0 Å². The first-order valence-corrected chi connectivity index (χ1v) is 9.59. The molecule has 0 radical (unpaired) electrons. The summed E-state index contributed by atoms with van der Waals surface area (Å²) in [5, 5.41) is 9.63. The number of hydrogen-bond donors (Lipinski definition) is 0. The molecule has 0 atom stereocenters. The molecule has 1 aliphatic carbocycles. The Morgan fingerprint density at radius 2 is 1.89 bits per heavy atom. The molecule has 2 aromatic heterocycles. The molecule has 4 rings (SSSR count). The van der Waals surface area contributed by atoms with Gasteiger partial charge in [0.15, 0.2) is 5.78 Å². The van der Waals surface area contributed by atoms with E-state index in [0.717, 1.165) is 43.9 Å². The van der Waals surface area contributed by atoms with Gasteiger partial charge in [0.2, 0.25) is 0 Å². The van der Waals surface area contributed by atoms with Crippen LogP contribution in [0.3, 0.4) is 0 Å². The molecule has 138 valence electrons. The molecule has 0 spiro atoms. The Morgan fingerprint density at radius 1 is 1.19 bits per heavy atom. The first-order chi connectivity index (χ1) is 13.0. The molecule has 2 aromatic rings. The highest BCUT2D eigenvalue weighted by atomic mass is 16.1. The fraction of sp³-hybridized carbons (Fsp3) is 0.455. The number of carbonyl (C=O) groups excluding carboxylic acids is 1. The van der Waals surface area contributed by atoms with Gasteiger partial charge in [0.1, 0.15) is 11.9 Å². The van der Waals surface area contributed by atoms with Crippen molar-refractivity contribution in [2.75, 3.05) is 18.0 Å². The summed E-state index contributed by atoms with van der Waals surface area (Å²) < 4.78 is 0.